The monoisotopic (exact) mass is 456 g/mol. The highest BCUT2D eigenvalue weighted by atomic mass is 19.4. The van der Waals surface area contributed by atoms with Gasteiger partial charge in [0.1, 0.15) is 11.9 Å². The minimum Gasteiger partial charge on any atom is -0.475 e. The molecular weight excluding hydrogens is 433 g/mol. The second kappa shape index (κ2) is 10.1. The van der Waals surface area contributed by atoms with Gasteiger partial charge in [-0.05, 0) is 49.6 Å². The van der Waals surface area contributed by atoms with Crippen LogP contribution in [-0.2, 0) is 20.9 Å². The molecule has 0 unspecified atom stereocenters. The van der Waals surface area contributed by atoms with Gasteiger partial charge in [-0.2, -0.15) is 13.2 Å². The van der Waals surface area contributed by atoms with Gasteiger partial charge in [-0.1, -0.05) is 0 Å². The van der Waals surface area contributed by atoms with E-state index in [4.69, 9.17) is 23.8 Å². The molecule has 0 spiro atoms. The summed E-state index contributed by atoms with van der Waals surface area (Å²) >= 11 is 0. The topological polar surface area (TPSA) is 102 Å². The van der Waals surface area contributed by atoms with Gasteiger partial charge in [0.05, 0.1) is 25.4 Å². The summed E-state index contributed by atoms with van der Waals surface area (Å²) in [5.74, 6) is -1.66. The number of carbonyl (C=O) groups is 2. The fraction of sp³-hybridized carbons (Fsp3) is 0.476. The molecule has 1 amide bonds. The summed E-state index contributed by atoms with van der Waals surface area (Å²) < 4.78 is 49.3. The third kappa shape index (κ3) is 5.86. The molecule has 4 rings (SSSR count). The number of carbonyl (C=O) groups excluding carboxylic acids is 1. The first-order valence-corrected chi connectivity index (χ1v) is 9.96. The third-order valence-corrected chi connectivity index (χ3v) is 5.20. The van der Waals surface area contributed by atoms with Gasteiger partial charge >= 0.3 is 12.1 Å². The predicted octanol–water partition coefficient (Wildman–Crippen LogP) is 3.21. The van der Waals surface area contributed by atoms with Crippen molar-refractivity contribution in [1.29, 1.82) is 0 Å². The van der Waals surface area contributed by atoms with Crippen LogP contribution in [0.2, 0.25) is 0 Å². The summed E-state index contributed by atoms with van der Waals surface area (Å²) in [7, 11) is 0. The molecule has 1 N–H and O–H groups in total. The molecule has 0 radical (unpaired) electrons. The largest absolute Gasteiger partial charge is 0.490 e. The number of hydrogen-bond acceptors (Lipinski definition) is 6. The van der Waals surface area contributed by atoms with Gasteiger partial charge < -0.3 is 23.9 Å². The number of hydrogen-bond donors (Lipinski definition) is 1. The van der Waals surface area contributed by atoms with Crippen molar-refractivity contribution < 1.29 is 41.8 Å². The minimum atomic E-state index is -5.08. The Hall–Kier alpha value is -2.92. The van der Waals surface area contributed by atoms with Gasteiger partial charge in [-0.25, -0.2) is 4.79 Å². The lowest BCUT2D eigenvalue weighted by atomic mass is 10.1. The minimum absolute atomic E-state index is 0.00658. The molecular formula is C21H23F3N2O6. The van der Waals surface area contributed by atoms with Crippen molar-refractivity contribution in [2.45, 2.75) is 50.8 Å². The highest BCUT2D eigenvalue weighted by Crippen LogP contribution is 2.33. The zero-order valence-corrected chi connectivity index (χ0v) is 17.2. The van der Waals surface area contributed by atoms with E-state index >= 15 is 0 Å². The molecule has 3 atom stereocenters. The lowest BCUT2D eigenvalue weighted by Crippen LogP contribution is -2.53. The van der Waals surface area contributed by atoms with Gasteiger partial charge in [-0.3, -0.25) is 9.78 Å². The van der Waals surface area contributed by atoms with Gasteiger partial charge in [0.25, 0.3) is 5.91 Å². The Morgan fingerprint density at radius 1 is 1.22 bits per heavy atom. The fourth-order valence-corrected chi connectivity index (χ4v) is 3.72. The van der Waals surface area contributed by atoms with Crippen molar-refractivity contribution in [2.75, 3.05) is 13.2 Å². The van der Waals surface area contributed by atoms with Crippen molar-refractivity contribution in [3.05, 3.63) is 53.7 Å². The van der Waals surface area contributed by atoms with E-state index in [1.807, 2.05) is 30.0 Å². The Balaban J connectivity index is 0.000000360. The van der Waals surface area contributed by atoms with Gasteiger partial charge in [0.15, 0.2) is 5.76 Å². The van der Waals surface area contributed by atoms with E-state index in [0.29, 0.717) is 25.5 Å². The van der Waals surface area contributed by atoms with Crippen LogP contribution in [0.1, 0.15) is 34.7 Å². The normalized spacial score (nSPS) is 22.6. The molecule has 2 aliphatic rings. The van der Waals surface area contributed by atoms with E-state index in [9.17, 15) is 18.0 Å². The highest BCUT2D eigenvalue weighted by Gasteiger charge is 2.45. The number of carboxylic acids is 1. The number of furan rings is 1. The lowest BCUT2D eigenvalue weighted by molar-refractivity contribution is -0.192. The standard InChI is InChI=1S/C19H22N2O4.C2HF3O2/c1-13-2-4-17(25-13)19(22)21-10-11-23-18-15(21)3-5-16(18)24-12-14-6-8-20-9-7-14;3-2(4,5)1(6)7/h2,4,6-9,15-16,18H,3,5,10-12H2,1H3;(H,6,7)/t15-,16+,18+;/m0./s1. The molecule has 0 aromatic carbocycles. The fourth-order valence-electron chi connectivity index (χ4n) is 3.72. The van der Waals surface area contributed by atoms with Crippen LogP contribution in [0.15, 0.2) is 41.1 Å². The first-order chi connectivity index (χ1) is 15.2. The summed E-state index contributed by atoms with van der Waals surface area (Å²) in [5.41, 5.74) is 1.09. The van der Waals surface area contributed by atoms with E-state index in [2.05, 4.69) is 4.98 Å². The smallest absolute Gasteiger partial charge is 0.475 e. The van der Waals surface area contributed by atoms with Crippen molar-refractivity contribution in [2.24, 2.45) is 0 Å². The Morgan fingerprint density at radius 2 is 1.91 bits per heavy atom. The number of aryl methyl sites for hydroxylation is 1. The molecule has 1 saturated carbocycles. The second-order valence-corrected chi connectivity index (χ2v) is 7.40. The molecule has 11 heteroatoms. The van der Waals surface area contributed by atoms with E-state index in [0.717, 1.165) is 24.2 Å². The quantitative estimate of drug-likeness (QED) is 0.754. The average molecular weight is 456 g/mol. The molecule has 32 heavy (non-hydrogen) atoms. The lowest BCUT2D eigenvalue weighted by Gasteiger charge is -2.38. The van der Waals surface area contributed by atoms with E-state index in [-0.39, 0.29) is 24.2 Å². The van der Waals surface area contributed by atoms with Crippen LogP contribution in [0.5, 0.6) is 0 Å². The van der Waals surface area contributed by atoms with Crippen LogP contribution in [0, 0.1) is 6.92 Å². The van der Waals surface area contributed by atoms with Crippen molar-refractivity contribution >= 4 is 11.9 Å². The molecule has 0 bridgehead atoms. The maximum atomic E-state index is 12.8. The zero-order chi connectivity index (χ0) is 23.3. The maximum absolute atomic E-state index is 12.8. The predicted molar refractivity (Wildman–Crippen MR) is 104 cm³/mol. The van der Waals surface area contributed by atoms with Gasteiger partial charge in [0.2, 0.25) is 0 Å². The number of morpholine rings is 1. The molecule has 1 aliphatic carbocycles. The number of fused-ring (bicyclic) bond motifs is 1. The Morgan fingerprint density at radius 3 is 2.50 bits per heavy atom. The number of halogens is 3. The zero-order valence-electron chi connectivity index (χ0n) is 17.2. The summed E-state index contributed by atoms with van der Waals surface area (Å²) in [6.07, 6.45) is 0.152. The summed E-state index contributed by atoms with van der Waals surface area (Å²) in [6.45, 7) is 3.50. The Bertz CT molecular complexity index is 918. The molecule has 174 valence electrons. The highest BCUT2D eigenvalue weighted by molar-refractivity contribution is 5.92. The number of aromatic nitrogens is 1. The Labute approximate surface area is 181 Å². The first kappa shape index (κ1) is 23.7. The number of rotatable bonds is 4. The number of alkyl halides is 3. The number of carboxylic acid groups (broad SMARTS) is 1. The molecule has 2 fully saturated rings. The van der Waals surface area contributed by atoms with Gasteiger partial charge in [0, 0.05) is 18.9 Å². The second-order valence-electron chi connectivity index (χ2n) is 7.40. The SMILES string of the molecule is Cc1ccc(C(=O)N2CCO[C@H]3[C@H](OCc4ccncc4)CC[C@@H]32)o1.O=C(O)C(F)(F)F. The van der Waals surface area contributed by atoms with E-state index in [1.54, 1.807) is 18.5 Å². The molecule has 3 heterocycles. The van der Waals surface area contributed by atoms with Crippen LogP contribution in [-0.4, -0.2) is 64.4 Å². The van der Waals surface area contributed by atoms with Crippen molar-refractivity contribution in [3.8, 4) is 0 Å². The third-order valence-electron chi connectivity index (χ3n) is 5.20. The Kier molecular flexibility index (Phi) is 7.52. The molecule has 2 aromatic heterocycles. The van der Waals surface area contributed by atoms with Crippen molar-refractivity contribution in [1.82, 2.24) is 9.88 Å². The van der Waals surface area contributed by atoms with Gasteiger partial charge in [-0.15, -0.1) is 0 Å². The average Bonchev–Trinajstić information content (AvgIpc) is 3.38. The number of aliphatic carboxylic acids is 1. The van der Waals surface area contributed by atoms with Crippen LogP contribution < -0.4 is 0 Å². The number of nitrogens with zero attached hydrogens (tertiary/aromatic N) is 2. The van der Waals surface area contributed by atoms with Crippen molar-refractivity contribution in [3.63, 3.8) is 0 Å². The molecule has 1 aliphatic heterocycles. The number of amides is 1. The van der Waals surface area contributed by atoms with Crippen LogP contribution in [0.3, 0.4) is 0 Å². The molecule has 8 nitrogen and oxygen atoms in total. The number of pyridine rings is 1. The summed E-state index contributed by atoms with van der Waals surface area (Å²) in [4.78, 5) is 27.6. The van der Waals surface area contributed by atoms with Crippen LogP contribution in [0.25, 0.3) is 0 Å². The molecule has 1 saturated heterocycles. The first-order valence-electron chi connectivity index (χ1n) is 9.96. The summed E-state index contributed by atoms with van der Waals surface area (Å²) in [6, 6.07) is 7.51. The van der Waals surface area contributed by atoms with E-state index in [1.165, 1.54) is 0 Å². The summed E-state index contributed by atoms with van der Waals surface area (Å²) in [5, 5.41) is 7.12. The van der Waals surface area contributed by atoms with E-state index < -0.39 is 12.1 Å². The van der Waals surface area contributed by atoms with Crippen LogP contribution >= 0.6 is 0 Å². The molecule has 2 aromatic rings. The van der Waals surface area contributed by atoms with Crippen LogP contribution in [0.4, 0.5) is 13.2 Å². The number of ether oxygens (including phenoxy) is 2. The maximum Gasteiger partial charge on any atom is 0.490 e.